The number of likely N-dealkylation sites (tertiary alicyclic amines) is 1. The van der Waals surface area contributed by atoms with Crippen LogP contribution in [0, 0.1) is 30.5 Å². The van der Waals surface area contributed by atoms with Crippen LogP contribution in [-0.4, -0.2) is 54.5 Å². The van der Waals surface area contributed by atoms with Crippen molar-refractivity contribution in [2.75, 3.05) is 32.4 Å². The Morgan fingerprint density at radius 3 is 2.05 bits per heavy atom. The molecular weight excluding hydrogens is 495 g/mol. The van der Waals surface area contributed by atoms with Gasteiger partial charge in [0.1, 0.15) is 11.9 Å². The van der Waals surface area contributed by atoms with E-state index in [1.165, 1.54) is 92.9 Å². The van der Waals surface area contributed by atoms with Crippen LogP contribution < -0.4 is 5.32 Å². The van der Waals surface area contributed by atoms with Crippen LogP contribution in [0.25, 0.3) is 0 Å². The number of aryl methyl sites for hydroxylation is 1. The quantitative estimate of drug-likeness (QED) is 0.320. The maximum Gasteiger partial charge on any atom is 0.320 e. The van der Waals surface area contributed by atoms with Crippen LogP contribution in [0.4, 0.5) is 4.39 Å². The molecular formula is C32H49FN2O2S. The number of carboxylic acid groups (broad SMARTS) is 1. The van der Waals surface area contributed by atoms with E-state index in [4.69, 9.17) is 5.11 Å². The molecule has 38 heavy (non-hydrogen) atoms. The van der Waals surface area contributed by atoms with Gasteiger partial charge in [0.25, 0.3) is 0 Å². The van der Waals surface area contributed by atoms with Crippen molar-refractivity contribution in [1.29, 1.82) is 0 Å². The lowest BCUT2D eigenvalue weighted by Gasteiger charge is -2.33. The second-order valence-electron chi connectivity index (χ2n) is 11.0. The smallest absolute Gasteiger partial charge is 0.320 e. The lowest BCUT2D eigenvalue weighted by atomic mass is 9.93. The van der Waals surface area contributed by atoms with Gasteiger partial charge < -0.3 is 15.3 Å². The summed E-state index contributed by atoms with van der Waals surface area (Å²) >= 11 is 2.04. The minimum absolute atomic E-state index is 0.146. The second kappa shape index (κ2) is 18.4. The molecule has 1 aliphatic heterocycles. The van der Waals surface area contributed by atoms with Crippen molar-refractivity contribution in [2.45, 2.75) is 76.7 Å². The van der Waals surface area contributed by atoms with Gasteiger partial charge in [-0.1, -0.05) is 62.6 Å². The fourth-order valence-corrected chi connectivity index (χ4v) is 6.17. The number of rotatable bonds is 9. The summed E-state index contributed by atoms with van der Waals surface area (Å²) in [6.07, 6.45) is 10.2. The highest BCUT2D eigenvalue weighted by Gasteiger charge is 2.23. The number of aliphatic carboxylic acids is 1. The molecule has 1 saturated carbocycles. The first kappa shape index (κ1) is 32.3. The first-order valence-electron chi connectivity index (χ1n) is 14.3. The van der Waals surface area contributed by atoms with Gasteiger partial charge in [0.2, 0.25) is 0 Å². The number of carboxylic acids is 1. The second-order valence-corrected chi connectivity index (χ2v) is 12.2. The van der Waals surface area contributed by atoms with Gasteiger partial charge in [-0.15, -0.1) is 11.8 Å². The number of hydrogen-bond acceptors (Lipinski definition) is 4. The number of benzene rings is 2. The number of nitrogens with one attached hydrogen (secondary N) is 1. The minimum Gasteiger partial charge on any atom is -0.480 e. The van der Waals surface area contributed by atoms with Crippen LogP contribution in [0.5, 0.6) is 0 Å². The van der Waals surface area contributed by atoms with Crippen LogP contribution in [0.1, 0.15) is 64.4 Å². The fourth-order valence-electron chi connectivity index (χ4n) is 5.15. The van der Waals surface area contributed by atoms with Gasteiger partial charge in [-0.05, 0) is 107 Å². The average molecular weight is 545 g/mol. The number of piperidine rings is 1. The van der Waals surface area contributed by atoms with Gasteiger partial charge in [-0.25, -0.2) is 4.39 Å². The van der Waals surface area contributed by atoms with Crippen LogP contribution in [0.15, 0.2) is 59.5 Å². The summed E-state index contributed by atoms with van der Waals surface area (Å²) in [7, 11) is 1.65. The number of carbonyl (C=O) groups is 1. The Kier molecular flexibility index (Phi) is 15.7. The van der Waals surface area contributed by atoms with E-state index >= 15 is 0 Å². The van der Waals surface area contributed by atoms with E-state index in [0.29, 0.717) is 0 Å². The van der Waals surface area contributed by atoms with Crippen molar-refractivity contribution in [1.82, 2.24) is 10.2 Å². The molecule has 6 heteroatoms. The molecule has 4 rings (SSSR count). The Balaban J connectivity index is 0.000000260. The highest BCUT2D eigenvalue weighted by molar-refractivity contribution is 7.99. The number of thioether (sulfide) groups is 1. The standard InChI is InChI=1S/C20H31NS.C6H5F.C6H13NO2/c1-17-6-8-20(9-7-17)22-15-12-18-10-13-21(14-11-18)16-19-4-2-3-5-19;7-6-4-2-1-3-5-6;1-4(2)5(7-3)6(8)9/h6-9,18-19H,2-5,10-16H2,1H3;1-5H;4-5,7H,1-3H3,(H,8,9). The average Bonchev–Trinajstić information content (AvgIpc) is 3.41. The predicted molar refractivity (Wildman–Crippen MR) is 159 cm³/mol. The van der Waals surface area contributed by atoms with Crippen LogP contribution in [0.2, 0.25) is 0 Å². The van der Waals surface area contributed by atoms with Crippen molar-refractivity contribution in [2.24, 2.45) is 17.8 Å². The van der Waals surface area contributed by atoms with Crippen LogP contribution in [0.3, 0.4) is 0 Å². The van der Waals surface area contributed by atoms with Gasteiger partial charge in [-0.2, -0.15) is 0 Å². The van der Waals surface area contributed by atoms with E-state index in [-0.39, 0.29) is 11.7 Å². The number of hydrogen-bond donors (Lipinski definition) is 2. The van der Waals surface area contributed by atoms with Crippen molar-refractivity contribution in [3.8, 4) is 0 Å². The minimum atomic E-state index is -0.785. The van der Waals surface area contributed by atoms with Crippen molar-refractivity contribution < 1.29 is 14.3 Å². The van der Waals surface area contributed by atoms with Gasteiger partial charge in [0, 0.05) is 11.4 Å². The third-order valence-corrected chi connectivity index (χ3v) is 8.54. The molecule has 0 bridgehead atoms. The first-order valence-corrected chi connectivity index (χ1v) is 15.3. The highest BCUT2D eigenvalue weighted by Crippen LogP contribution is 2.29. The molecule has 1 aliphatic carbocycles. The summed E-state index contributed by atoms with van der Waals surface area (Å²) in [5.41, 5.74) is 1.36. The van der Waals surface area contributed by atoms with E-state index in [1.54, 1.807) is 25.2 Å². The summed E-state index contributed by atoms with van der Waals surface area (Å²) in [5.74, 6) is 2.46. The molecule has 0 aromatic heterocycles. The van der Waals surface area contributed by atoms with Crippen molar-refractivity contribution >= 4 is 17.7 Å². The first-order chi connectivity index (χ1) is 18.3. The van der Waals surface area contributed by atoms with Gasteiger partial charge >= 0.3 is 5.97 Å². The number of halogens is 1. The van der Waals surface area contributed by atoms with E-state index < -0.39 is 12.0 Å². The van der Waals surface area contributed by atoms with E-state index in [1.807, 2.05) is 25.6 Å². The molecule has 1 saturated heterocycles. The van der Waals surface area contributed by atoms with Crippen molar-refractivity contribution in [3.05, 3.63) is 66.0 Å². The highest BCUT2D eigenvalue weighted by atomic mass is 32.2. The lowest BCUT2D eigenvalue weighted by molar-refractivity contribution is -0.140. The Hall–Kier alpha value is -1.89. The summed E-state index contributed by atoms with van der Waals surface area (Å²) in [4.78, 5) is 14.5. The van der Waals surface area contributed by atoms with E-state index in [0.717, 1.165) is 11.8 Å². The largest absolute Gasteiger partial charge is 0.480 e. The predicted octanol–water partition coefficient (Wildman–Crippen LogP) is 7.52. The van der Waals surface area contributed by atoms with E-state index in [2.05, 4.69) is 41.4 Å². The molecule has 2 aromatic rings. The zero-order valence-electron chi connectivity index (χ0n) is 23.9. The van der Waals surface area contributed by atoms with Gasteiger partial charge in [0.15, 0.2) is 0 Å². The molecule has 2 N–H and O–H groups in total. The molecule has 0 radical (unpaired) electrons. The summed E-state index contributed by atoms with van der Waals surface area (Å²) in [6.45, 7) is 10.0. The Morgan fingerprint density at radius 1 is 1.00 bits per heavy atom. The SMILES string of the molecule is CNC(C(=O)O)C(C)C.Cc1ccc(SCCC2CCN(CC3CCCC3)CC2)cc1.Fc1ccccc1. The molecule has 212 valence electrons. The molecule has 1 unspecified atom stereocenters. The topological polar surface area (TPSA) is 52.6 Å². The molecule has 1 atom stereocenters. The van der Waals surface area contributed by atoms with Crippen LogP contribution in [-0.2, 0) is 4.79 Å². The summed E-state index contributed by atoms with van der Waals surface area (Å²) < 4.78 is 11.9. The van der Waals surface area contributed by atoms with Crippen molar-refractivity contribution in [3.63, 3.8) is 0 Å². The van der Waals surface area contributed by atoms with Gasteiger partial charge in [-0.3, -0.25) is 4.79 Å². The molecule has 2 aromatic carbocycles. The maximum absolute atomic E-state index is 11.9. The summed E-state index contributed by atoms with van der Waals surface area (Å²) in [6, 6.07) is 16.5. The molecule has 2 aliphatic rings. The van der Waals surface area contributed by atoms with E-state index in [9.17, 15) is 9.18 Å². The van der Waals surface area contributed by atoms with Gasteiger partial charge in [0.05, 0.1) is 0 Å². The zero-order chi connectivity index (χ0) is 27.8. The molecule has 4 nitrogen and oxygen atoms in total. The molecule has 0 spiro atoms. The Morgan fingerprint density at radius 2 is 1.61 bits per heavy atom. The lowest BCUT2D eigenvalue weighted by Crippen LogP contribution is -2.38. The normalized spacial score (nSPS) is 17.3. The maximum atomic E-state index is 11.9. The molecule has 0 amide bonds. The summed E-state index contributed by atoms with van der Waals surface area (Å²) in [5, 5.41) is 11.2. The molecule has 1 heterocycles. The molecule has 2 fully saturated rings. The number of nitrogens with zero attached hydrogens (tertiary/aromatic N) is 1. The third kappa shape index (κ3) is 13.3. The fraction of sp³-hybridized carbons (Fsp3) is 0.594. The number of likely N-dealkylation sites (N-methyl/N-ethyl adjacent to an activating group) is 1. The Labute approximate surface area is 234 Å². The monoisotopic (exact) mass is 544 g/mol. The Bertz CT molecular complexity index is 880. The van der Waals surface area contributed by atoms with Crippen LogP contribution >= 0.6 is 11.8 Å². The third-order valence-electron chi connectivity index (χ3n) is 7.49. The zero-order valence-corrected chi connectivity index (χ0v) is 24.7.